The van der Waals surface area contributed by atoms with Gasteiger partial charge in [-0.15, -0.1) is 11.3 Å². The predicted octanol–water partition coefficient (Wildman–Crippen LogP) is 2.86. The van der Waals surface area contributed by atoms with E-state index in [1.165, 1.54) is 37.0 Å². The maximum atomic E-state index is 10.8. The number of carbonyl (C=O) groups is 1. The van der Waals surface area contributed by atoms with Crippen LogP contribution in [0, 0.1) is 5.92 Å². The van der Waals surface area contributed by atoms with Crippen molar-refractivity contribution in [1.29, 1.82) is 0 Å². The molecule has 0 amide bonds. The van der Waals surface area contributed by atoms with Crippen molar-refractivity contribution in [2.45, 2.75) is 38.6 Å². The molecular formula is C12H18N2O2S. The summed E-state index contributed by atoms with van der Waals surface area (Å²) in [6.45, 7) is 2.29. The van der Waals surface area contributed by atoms with Crippen LogP contribution in [0.4, 0.5) is 5.13 Å². The van der Waals surface area contributed by atoms with Crippen molar-refractivity contribution in [3.05, 3.63) is 11.1 Å². The van der Waals surface area contributed by atoms with E-state index in [9.17, 15) is 4.79 Å². The van der Waals surface area contributed by atoms with Gasteiger partial charge in [-0.3, -0.25) is 0 Å². The second kappa shape index (κ2) is 5.04. The Labute approximate surface area is 105 Å². The number of nitrogens with zero attached hydrogens (tertiary/aromatic N) is 2. The van der Waals surface area contributed by atoms with Crippen molar-refractivity contribution in [1.82, 2.24) is 4.98 Å². The van der Waals surface area contributed by atoms with Gasteiger partial charge in [-0.05, 0) is 31.6 Å². The van der Waals surface area contributed by atoms with Crippen LogP contribution in [0.5, 0.6) is 0 Å². The Morgan fingerprint density at radius 3 is 2.65 bits per heavy atom. The van der Waals surface area contributed by atoms with Gasteiger partial charge in [0, 0.05) is 18.5 Å². The molecule has 4 nitrogen and oxygen atoms in total. The fraction of sp³-hybridized carbons (Fsp3) is 0.667. The van der Waals surface area contributed by atoms with E-state index in [1.807, 2.05) is 7.05 Å². The number of aromatic nitrogens is 1. The Kier molecular flexibility index (Phi) is 3.66. The molecule has 1 aromatic rings. The monoisotopic (exact) mass is 254 g/mol. The lowest BCUT2D eigenvalue weighted by Crippen LogP contribution is -2.34. The predicted molar refractivity (Wildman–Crippen MR) is 68.9 cm³/mol. The zero-order valence-electron chi connectivity index (χ0n) is 10.2. The molecule has 2 rings (SSSR count). The van der Waals surface area contributed by atoms with Gasteiger partial charge in [0.15, 0.2) is 10.8 Å². The summed E-state index contributed by atoms with van der Waals surface area (Å²) in [5, 5.41) is 11.3. The van der Waals surface area contributed by atoms with E-state index in [4.69, 9.17) is 5.11 Å². The lowest BCUT2D eigenvalue weighted by Gasteiger charge is -2.33. The zero-order chi connectivity index (χ0) is 12.4. The summed E-state index contributed by atoms with van der Waals surface area (Å²) in [6.07, 6.45) is 4.87. The lowest BCUT2D eigenvalue weighted by molar-refractivity contribution is 0.0691. The minimum Gasteiger partial charge on any atom is -0.476 e. The highest BCUT2D eigenvalue weighted by Gasteiger charge is 2.23. The highest BCUT2D eigenvalue weighted by molar-refractivity contribution is 7.13. The molecule has 1 fully saturated rings. The lowest BCUT2D eigenvalue weighted by atomic mass is 9.87. The van der Waals surface area contributed by atoms with Gasteiger partial charge in [0.1, 0.15) is 0 Å². The number of carboxylic acids is 1. The van der Waals surface area contributed by atoms with Crippen molar-refractivity contribution in [2.75, 3.05) is 11.9 Å². The van der Waals surface area contributed by atoms with Crippen molar-refractivity contribution >= 4 is 22.4 Å². The maximum Gasteiger partial charge on any atom is 0.355 e. The molecule has 0 radical (unpaired) electrons. The second-order valence-electron chi connectivity index (χ2n) is 4.85. The van der Waals surface area contributed by atoms with Crippen LogP contribution in [0.15, 0.2) is 5.38 Å². The molecule has 1 aromatic heterocycles. The molecule has 17 heavy (non-hydrogen) atoms. The smallest absolute Gasteiger partial charge is 0.355 e. The number of hydrogen-bond donors (Lipinski definition) is 1. The minimum absolute atomic E-state index is 0.154. The standard InChI is InChI=1S/C12H18N2O2S/c1-8-3-5-9(6-4-8)14(2)12-13-10(7-17-12)11(15)16/h7-9H,3-6H2,1-2H3,(H,15,16). The van der Waals surface area contributed by atoms with Crippen LogP contribution in [0.2, 0.25) is 0 Å². The number of rotatable bonds is 3. The van der Waals surface area contributed by atoms with Crippen LogP contribution in [0.1, 0.15) is 43.1 Å². The summed E-state index contributed by atoms with van der Waals surface area (Å²) < 4.78 is 0. The Bertz CT molecular complexity index is 397. The molecule has 0 saturated heterocycles. The van der Waals surface area contributed by atoms with Gasteiger partial charge in [0.2, 0.25) is 0 Å². The van der Waals surface area contributed by atoms with E-state index in [0.717, 1.165) is 11.0 Å². The average molecular weight is 254 g/mol. The highest BCUT2D eigenvalue weighted by atomic mass is 32.1. The Balaban J connectivity index is 2.03. The summed E-state index contributed by atoms with van der Waals surface area (Å²) in [4.78, 5) is 17.1. The summed E-state index contributed by atoms with van der Waals surface area (Å²) in [5.74, 6) is -0.122. The first kappa shape index (κ1) is 12.4. The third-order valence-electron chi connectivity index (χ3n) is 3.55. The van der Waals surface area contributed by atoms with E-state index < -0.39 is 5.97 Å². The number of hydrogen-bond acceptors (Lipinski definition) is 4. The quantitative estimate of drug-likeness (QED) is 0.901. The molecule has 1 aliphatic rings. The molecule has 1 saturated carbocycles. The van der Waals surface area contributed by atoms with Crippen LogP contribution in [0.25, 0.3) is 0 Å². The van der Waals surface area contributed by atoms with Gasteiger partial charge in [0.25, 0.3) is 0 Å². The molecule has 0 bridgehead atoms. The molecule has 0 aliphatic heterocycles. The second-order valence-corrected chi connectivity index (χ2v) is 5.68. The molecule has 0 spiro atoms. The van der Waals surface area contributed by atoms with Gasteiger partial charge in [-0.2, -0.15) is 0 Å². The normalized spacial score (nSPS) is 24.6. The molecule has 5 heteroatoms. The van der Waals surface area contributed by atoms with E-state index in [0.29, 0.717) is 6.04 Å². The van der Waals surface area contributed by atoms with E-state index in [2.05, 4.69) is 16.8 Å². The number of anilines is 1. The number of thiazole rings is 1. The number of aromatic carboxylic acids is 1. The molecule has 0 unspecified atom stereocenters. The van der Waals surface area contributed by atoms with Crippen molar-refractivity contribution in [3.8, 4) is 0 Å². The molecule has 0 aromatic carbocycles. The fourth-order valence-electron chi connectivity index (χ4n) is 2.31. The molecule has 1 heterocycles. The van der Waals surface area contributed by atoms with Gasteiger partial charge < -0.3 is 10.0 Å². The van der Waals surface area contributed by atoms with E-state index in [-0.39, 0.29) is 5.69 Å². The zero-order valence-corrected chi connectivity index (χ0v) is 11.0. The molecular weight excluding hydrogens is 236 g/mol. The van der Waals surface area contributed by atoms with Crippen LogP contribution in [-0.4, -0.2) is 29.1 Å². The van der Waals surface area contributed by atoms with Crippen LogP contribution < -0.4 is 4.90 Å². The Morgan fingerprint density at radius 2 is 2.12 bits per heavy atom. The average Bonchev–Trinajstić information content (AvgIpc) is 2.78. The Hall–Kier alpha value is -1.10. The summed E-state index contributed by atoms with van der Waals surface area (Å²) in [6, 6.07) is 0.513. The minimum atomic E-state index is -0.946. The fourth-order valence-corrected chi connectivity index (χ4v) is 3.15. The highest BCUT2D eigenvalue weighted by Crippen LogP contribution is 2.30. The van der Waals surface area contributed by atoms with E-state index >= 15 is 0 Å². The van der Waals surface area contributed by atoms with Crippen LogP contribution >= 0.6 is 11.3 Å². The first-order valence-electron chi connectivity index (χ1n) is 5.99. The summed E-state index contributed by atoms with van der Waals surface area (Å²) in [5.41, 5.74) is 0.154. The van der Waals surface area contributed by atoms with Crippen molar-refractivity contribution in [2.24, 2.45) is 5.92 Å². The summed E-state index contributed by atoms with van der Waals surface area (Å²) >= 11 is 1.41. The van der Waals surface area contributed by atoms with Gasteiger partial charge in [-0.25, -0.2) is 9.78 Å². The summed E-state index contributed by atoms with van der Waals surface area (Å²) in [7, 11) is 2.02. The van der Waals surface area contributed by atoms with Gasteiger partial charge >= 0.3 is 5.97 Å². The van der Waals surface area contributed by atoms with Crippen LogP contribution in [0.3, 0.4) is 0 Å². The SMILES string of the molecule is CC1CCC(N(C)c2nc(C(=O)O)cs2)CC1. The third-order valence-corrected chi connectivity index (χ3v) is 4.48. The Morgan fingerprint density at radius 1 is 1.47 bits per heavy atom. The van der Waals surface area contributed by atoms with Crippen molar-refractivity contribution in [3.63, 3.8) is 0 Å². The van der Waals surface area contributed by atoms with Crippen LogP contribution in [-0.2, 0) is 0 Å². The first-order valence-corrected chi connectivity index (χ1v) is 6.87. The molecule has 0 atom stereocenters. The van der Waals surface area contributed by atoms with Crippen molar-refractivity contribution < 1.29 is 9.90 Å². The van der Waals surface area contributed by atoms with Gasteiger partial charge in [-0.1, -0.05) is 6.92 Å². The topological polar surface area (TPSA) is 53.4 Å². The third kappa shape index (κ3) is 2.77. The van der Waals surface area contributed by atoms with Gasteiger partial charge in [0.05, 0.1) is 0 Å². The molecule has 1 aliphatic carbocycles. The number of carboxylic acid groups (broad SMARTS) is 1. The largest absolute Gasteiger partial charge is 0.476 e. The molecule has 94 valence electrons. The first-order chi connectivity index (χ1) is 8.08. The maximum absolute atomic E-state index is 10.8. The molecule has 1 N–H and O–H groups in total. The van der Waals surface area contributed by atoms with E-state index in [1.54, 1.807) is 5.38 Å².